The van der Waals surface area contributed by atoms with Gasteiger partial charge in [0.25, 0.3) is 0 Å². The number of nitrogens with zero attached hydrogens (tertiary/aromatic N) is 1. The maximum atomic E-state index is 12.4. The summed E-state index contributed by atoms with van der Waals surface area (Å²) < 4.78 is 31.5. The smallest absolute Gasteiger partial charge is 0.219 e. The Morgan fingerprint density at radius 1 is 1.53 bits per heavy atom. The van der Waals surface area contributed by atoms with E-state index in [9.17, 15) is 8.42 Å². The summed E-state index contributed by atoms with van der Waals surface area (Å²) in [5, 5.41) is 2.74. The van der Waals surface area contributed by atoms with Crippen LogP contribution in [0.5, 0.6) is 0 Å². The molecular weight excluding hydrogens is 240 g/mol. The van der Waals surface area contributed by atoms with Gasteiger partial charge in [-0.2, -0.15) is 4.31 Å². The first-order chi connectivity index (χ1) is 8.04. The fourth-order valence-electron chi connectivity index (χ4n) is 2.18. The normalized spacial score (nSPS) is 23.2. The summed E-state index contributed by atoms with van der Waals surface area (Å²) in [5.41, 5.74) is 0. The zero-order valence-corrected chi connectivity index (χ0v) is 11.8. The highest BCUT2D eigenvalue weighted by molar-refractivity contribution is 7.89. The van der Waals surface area contributed by atoms with Crippen molar-refractivity contribution in [3.8, 4) is 0 Å². The van der Waals surface area contributed by atoms with Crippen LogP contribution in [0.3, 0.4) is 0 Å². The minimum Gasteiger partial charge on any atom is -0.383 e. The Labute approximate surface area is 105 Å². The Morgan fingerprint density at radius 3 is 2.71 bits per heavy atom. The predicted molar refractivity (Wildman–Crippen MR) is 68.5 cm³/mol. The van der Waals surface area contributed by atoms with E-state index in [1.165, 1.54) is 7.11 Å². The molecule has 0 amide bonds. The Balaban J connectivity index is 2.80. The maximum Gasteiger partial charge on any atom is 0.219 e. The number of ether oxygens (including phenoxy) is 1. The molecular formula is C11H24N2O3S. The molecule has 0 aromatic rings. The summed E-state index contributed by atoms with van der Waals surface area (Å²) in [6.45, 7) is 6.24. The van der Waals surface area contributed by atoms with Crippen LogP contribution in [0.2, 0.25) is 0 Å². The van der Waals surface area contributed by atoms with Gasteiger partial charge in [-0.25, -0.2) is 8.42 Å². The van der Waals surface area contributed by atoms with Gasteiger partial charge in [0.2, 0.25) is 10.0 Å². The van der Waals surface area contributed by atoms with Crippen LogP contribution in [0.25, 0.3) is 0 Å². The van der Waals surface area contributed by atoms with Crippen LogP contribution in [-0.4, -0.2) is 57.4 Å². The van der Waals surface area contributed by atoms with Gasteiger partial charge in [0.1, 0.15) is 0 Å². The second kappa shape index (κ2) is 6.68. The Morgan fingerprint density at radius 2 is 2.24 bits per heavy atom. The molecule has 102 valence electrons. The lowest BCUT2D eigenvalue weighted by Gasteiger charge is -2.29. The van der Waals surface area contributed by atoms with E-state index >= 15 is 0 Å². The van der Waals surface area contributed by atoms with Crippen LogP contribution in [0.1, 0.15) is 26.7 Å². The largest absolute Gasteiger partial charge is 0.383 e. The lowest BCUT2D eigenvalue weighted by Crippen LogP contribution is -2.46. The Hall–Kier alpha value is -0.170. The van der Waals surface area contributed by atoms with Gasteiger partial charge in [-0.1, -0.05) is 6.92 Å². The van der Waals surface area contributed by atoms with Crippen LogP contribution >= 0.6 is 0 Å². The third-order valence-electron chi connectivity index (χ3n) is 3.12. The van der Waals surface area contributed by atoms with Crippen molar-refractivity contribution >= 4 is 10.0 Å². The van der Waals surface area contributed by atoms with Gasteiger partial charge in [-0.3, -0.25) is 0 Å². The number of rotatable bonds is 7. The average molecular weight is 264 g/mol. The van der Waals surface area contributed by atoms with E-state index in [2.05, 4.69) is 5.32 Å². The van der Waals surface area contributed by atoms with Crippen LogP contribution in [0, 0.1) is 0 Å². The molecule has 1 aliphatic rings. The summed E-state index contributed by atoms with van der Waals surface area (Å²) in [5.74, 6) is 0. The minimum absolute atomic E-state index is 0.110. The Kier molecular flexibility index (Phi) is 5.85. The third kappa shape index (κ3) is 3.64. The van der Waals surface area contributed by atoms with E-state index in [1.807, 2.05) is 6.92 Å². The molecule has 17 heavy (non-hydrogen) atoms. The standard InChI is InChI=1S/C11H24N2O3S/c1-4-7-13(11-5-6-12-8-11)17(14,15)10(2)9-16-3/h10-12H,4-9H2,1-3H3. The number of nitrogens with one attached hydrogen (secondary N) is 1. The molecule has 0 aromatic carbocycles. The minimum atomic E-state index is -3.24. The van der Waals surface area contributed by atoms with E-state index < -0.39 is 15.3 Å². The highest BCUT2D eigenvalue weighted by atomic mass is 32.2. The molecule has 6 heteroatoms. The molecule has 1 N–H and O–H groups in total. The van der Waals surface area contributed by atoms with Crippen LogP contribution in [0.15, 0.2) is 0 Å². The van der Waals surface area contributed by atoms with Gasteiger partial charge in [0, 0.05) is 26.2 Å². The number of sulfonamides is 1. The predicted octanol–water partition coefficient (Wildman–Crippen LogP) is 0.425. The van der Waals surface area contributed by atoms with Gasteiger partial charge in [-0.05, 0) is 26.3 Å². The topological polar surface area (TPSA) is 58.6 Å². The molecule has 0 saturated carbocycles. The third-order valence-corrected chi connectivity index (χ3v) is 5.41. The molecule has 2 unspecified atom stereocenters. The van der Waals surface area contributed by atoms with Crippen molar-refractivity contribution in [2.45, 2.75) is 38.0 Å². The first kappa shape index (κ1) is 14.9. The highest BCUT2D eigenvalue weighted by Gasteiger charge is 2.34. The van der Waals surface area contributed by atoms with Crippen molar-refractivity contribution in [3.05, 3.63) is 0 Å². The van der Waals surface area contributed by atoms with Gasteiger partial charge in [0.05, 0.1) is 11.9 Å². The van der Waals surface area contributed by atoms with Crippen molar-refractivity contribution in [2.24, 2.45) is 0 Å². The number of methoxy groups -OCH3 is 1. The maximum absolute atomic E-state index is 12.4. The Bertz CT molecular complexity index is 313. The quantitative estimate of drug-likeness (QED) is 0.724. The first-order valence-electron chi connectivity index (χ1n) is 6.24. The summed E-state index contributed by atoms with van der Waals surface area (Å²) in [4.78, 5) is 0. The van der Waals surface area contributed by atoms with Gasteiger partial charge in [-0.15, -0.1) is 0 Å². The molecule has 0 aromatic heterocycles. The lowest BCUT2D eigenvalue weighted by molar-refractivity contribution is 0.196. The molecule has 1 heterocycles. The zero-order chi connectivity index (χ0) is 12.9. The zero-order valence-electron chi connectivity index (χ0n) is 11.0. The second-order valence-corrected chi connectivity index (χ2v) is 6.87. The fraction of sp³-hybridized carbons (Fsp3) is 1.00. The average Bonchev–Trinajstić information content (AvgIpc) is 2.79. The van der Waals surface area contributed by atoms with Crippen molar-refractivity contribution in [1.82, 2.24) is 9.62 Å². The summed E-state index contributed by atoms with van der Waals surface area (Å²) in [6.07, 6.45) is 1.74. The SMILES string of the molecule is CCCN(C1CCNC1)S(=O)(=O)C(C)COC. The highest BCUT2D eigenvalue weighted by Crippen LogP contribution is 2.18. The molecule has 0 bridgehead atoms. The molecule has 5 nitrogen and oxygen atoms in total. The van der Waals surface area contributed by atoms with E-state index in [0.29, 0.717) is 6.54 Å². The fourth-order valence-corrected chi connectivity index (χ4v) is 3.98. The van der Waals surface area contributed by atoms with Crippen LogP contribution in [0.4, 0.5) is 0 Å². The van der Waals surface area contributed by atoms with Crippen LogP contribution < -0.4 is 5.32 Å². The lowest BCUT2D eigenvalue weighted by atomic mass is 10.2. The molecule has 0 spiro atoms. The summed E-state index contributed by atoms with van der Waals surface area (Å²) in [7, 11) is -1.71. The molecule has 1 rings (SSSR count). The van der Waals surface area contributed by atoms with Gasteiger partial charge < -0.3 is 10.1 Å². The number of hydrogen-bond donors (Lipinski definition) is 1. The number of hydrogen-bond acceptors (Lipinski definition) is 4. The van der Waals surface area contributed by atoms with Crippen molar-refractivity contribution in [3.63, 3.8) is 0 Å². The monoisotopic (exact) mass is 264 g/mol. The molecule has 1 fully saturated rings. The molecule has 2 atom stereocenters. The van der Waals surface area contributed by atoms with Crippen LogP contribution in [-0.2, 0) is 14.8 Å². The van der Waals surface area contributed by atoms with Gasteiger partial charge in [0.15, 0.2) is 0 Å². The molecule has 1 aliphatic heterocycles. The van der Waals surface area contributed by atoms with E-state index in [-0.39, 0.29) is 12.6 Å². The van der Waals surface area contributed by atoms with E-state index in [0.717, 1.165) is 25.9 Å². The van der Waals surface area contributed by atoms with Crippen molar-refractivity contribution < 1.29 is 13.2 Å². The second-order valence-electron chi connectivity index (χ2n) is 4.57. The molecule has 0 radical (unpaired) electrons. The van der Waals surface area contributed by atoms with Crippen molar-refractivity contribution in [2.75, 3.05) is 33.4 Å². The van der Waals surface area contributed by atoms with E-state index in [1.54, 1.807) is 11.2 Å². The molecule has 0 aliphatic carbocycles. The summed E-state index contributed by atoms with van der Waals surface area (Å²) >= 11 is 0. The first-order valence-corrected chi connectivity index (χ1v) is 7.74. The van der Waals surface area contributed by atoms with Gasteiger partial charge >= 0.3 is 0 Å². The van der Waals surface area contributed by atoms with E-state index in [4.69, 9.17) is 4.74 Å². The molecule has 1 saturated heterocycles. The summed E-state index contributed by atoms with van der Waals surface area (Å²) in [6, 6.07) is 0.110. The van der Waals surface area contributed by atoms with Crippen molar-refractivity contribution in [1.29, 1.82) is 0 Å².